The minimum Gasteiger partial charge on any atom is -0.378 e. The number of aryl methyl sites for hydroxylation is 1. The molecule has 5 nitrogen and oxygen atoms in total. The largest absolute Gasteiger partial charge is 0.418 e. The van der Waals surface area contributed by atoms with Crippen LogP contribution < -0.4 is 10.2 Å². The normalized spacial score (nSPS) is 11.7. The van der Waals surface area contributed by atoms with Crippen molar-refractivity contribution in [3.63, 3.8) is 0 Å². The highest BCUT2D eigenvalue weighted by molar-refractivity contribution is 6.31. The van der Waals surface area contributed by atoms with E-state index < -0.39 is 17.6 Å². The molecule has 168 valence electrons. The van der Waals surface area contributed by atoms with Crippen LogP contribution in [0.1, 0.15) is 22.4 Å². The summed E-state index contributed by atoms with van der Waals surface area (Å²) in [5, 5.41) is 7.03. The third-order valence-electron chi connectivity index (χ3n) is 4.77. The number of aromatic nitrogens is 2. The second-order valence-electron chi connectivity index (χ2n) is 7.38. The molecule has 32 heavy (non-hydrogen) atoms. The number of hydrogen-bond donors (Lipinski definition) is 1. The zero-order chi connectivity index (χ0) is 23.5. The highest BCUT2D eigenvalue weighted by atomic mass is 35.5. The molecule has 0 atom stereocenters. The van der Waals surface area contributed by atoms with Crippen molar-refractivity contribution < 1.29 is 18.0 Å². The van der Waals surface area contributed by atoms with Crippen LogP contribution in [0.15, 0.2) is 54.6 Å². The molecule has 0 bridgehead atoms. The van der Waals surface area contributed by atoms with Gasteiger partial charge in [0.1, 0.15) is 5.15 Å². The fourth-order valence-electron chi connectivity index (χ4n) is 3.10. The Morgan fingerprint density at radius 3 is 2.50 bits per heavy atom. The van der Waals surface area contributed by atoms with Crippen molar-refractivity contribution in [1.29, 1.82) is 0 Å². The summed E-state index contributed by atoms with van der Waals surface area (Å²) in [4.78, 5) is 13.9. The van der Waals surface area contributed by atoms with Crippen molar-refractivity contribution in [3.05, 3.63) is 82.1 Å². The molecule has 1 aromatic heterocycles. The first-order valence-electron chi connectivity index (χ1n) is 9.70. The lowest BCUT2D eigenvalue weighted by molar-refractivity contribution is -0.136. The molecular formula is C23H22ClF3N4O. The summed E-state index contributed by atoms with van der Waals surface area (Å²) in [7, 11) is 3.28. The maximum absolute atomic E-state index is 13.5. The summed E-state index contributed by atoms with van der Waals surface area (Å²) < 4.78 is 42.0. The van der Waals surface area contributed by atoms with Gasteiger partial charge in [-0.15, -0.1) is 0 Å². The predicted molar refractivity (Wildman–Crippen MR) is 121 cm³/mol. The predicted octanol–water partition coefficient (Wildman–Crippen LogP) is 5.63. The molecule has 1 N–H and O–H groups in total. The quantitative estimate of drug-likeness (QED) is 0.483. The molecule has 1 heterocycles. The van der Waals surface area contributed by atoms with Crippen LogP contribution in [0, 0.1) is 6.92 Å². The standard InChI is InChI=1S/C23H22ClF3N4O/c1-15-18(22(24)31(29-15)14-16-7-5-4-6-8-16)10-12-21(32)28-20-11-9-17(30(2)3)13-19(20)23(25,26)27/h4-13H,14H2,1-3H3,(H,28,32)/b12-10+. The van der Waals surface area contributed by atoms with E-state index in [0.29, 0.717) is 28.6 Å². The zero-order valence-electron chi connectivity index (χ0n) is 17.7. The molecule has 0 spiro atoms. The summed E-state index contributed by atoms with van der Waals surface area (Å²) in [6.07, 6.45) is -2.03. The third-order valence-corrected chi connectivity index (χ3v) is 5.17. The molecular weight excluding hydrogens is 441 g/mol. The van der Waals surface area contributed by atoms with Gasteiger partial charge in [-0.1, -0.05) is 41.9 Å². The van der Waals surface area contributed by atoms with E-state index >= 15 is 0 Å². The van der Waals surface area contributed by atoms with Gasteiger partial charge in [0.05, 0.1) is 23.5 Å². The maximum atomic E-state index is 13.5. The van der Waals surface area contributed by atoms with Crippen molar-refractivity contribution in [1.82, 2.24) is 9.78 Å². The van der Waals surface area contributed by atoms with E-state index in [0.717, 1.165) is 17.7 Å². The Labute approximate surface area is 189 Å². The second kappa shape index (κ2) is 9.48. The van der Waals surface area contributed by atoms with Gasteiger partial charge in [0.15, 0.2) is 0 Å². The van der Waals surface area contributed by atoms with E-state index in [2.05, 4.69) is 10.4 Å². The number of hydrogen-bond acceptors (Lipinski definition) is 3. The number of rotatable bonds is 6. The molecule has 1 amide bonds. The van der Waals surface area contributed by atoms with Crippen LogP contribution in [-0.2, 0) is 17.5 Å². The van der Waals surface area contributed by atoms with E-state index in [-0.39, 0.29) is 5.69 Å². The molecule has 0 saturated carbocycles. The molecule has 9 heteroatoms. The monoisotopic (exact) mass is 462 g/mol. The fourth-order valence-corrected chi connectivity index (χ4v) is 3.40. The zero-order valence-corrected chi connectivity index (χ0v) is 18.5. The first-order chi connectivity index (χ1) is 15.1. The Hall–Kier alpha value is -3.26. The molecule has 2 aromatic carbocycles. The van der Waals surface area contributed by atoms with Crippen LogP contribution in [0.5, 0.6) is 0 Å². The number of nitrogens with zero attached hydrogens (tertiary/aromatic N) is 3. The highest BCUT2D eigenvalue weighted by Crippen LogP contribution is 2.37. The number of benzene rings is 2. The molecule has 0 fully saturated rings. The average Bonchev–Trinajstić information content (AvgIpc) is 2.99. The molecule has 0 radical (unpaired) electrons. The average molecular weight is 463 g/mol. The lowest BCUT2D eigenvalue weighted by Crippen LogP contribution is -2.16. The number of anilines is 2. The van der Waals surface area contributed by atoms with E-state index in [1.807, 2.05) is 30.3 Å². The SMILES string of the molecule is Cc1nn(Cc2ccccc2)c(Cl)c1/C=C/C(=O)Nc1ccc(N(C)C)cc1C(F)(F)F. The van der Waals surface area contributed by atoms with Crippen molar-refractivity contribution in [2.45, 2.75) is 19.6 Å². The minimum absolute atomic E-state index is 0.319. The van der Waals surface area contributed by atoms with Gasteiger partial charge >= 0.3 is 6.18 Å². The van der Waals surface area contributed by atoms with Crippen LogP contribution in [-0.4, -0.2) is 29.8 Å². The number of alkyl halides is 3. The van der Waals surface area contributed by atoms with Crippen molar-refractivity contribution in [2.75, 3.05) is 24.3 Å². The van der Waals surface area contributed by atoms with Crippen LogP contribution >= 0.6 is 11.6 Å². The van der Waals surface area contributed by atoms with Gasteiger partial charge in [-0.2, -0.15) is 18.3 Å². The molecule has 0 aliphatic carbocycles. The van der Waals surface area contributed by atoms with Crippen molar-refractivity contribution >= 4 is 35.0 Å². The number of nitrogens with one attached hydrogen (secondary N) is 1. The maximum Gasteiger partial charge on any atom is 0.418 e. The first-order valence-corrected chi connectivity index (χ1v) is 10.1. The molecule has 3 rings (SSSR count). The van der Waals surface area contributed by atoms with Gasteiger partial charge < -0.3 is 10.2 Å². The van der Waals surface area contributed by atoms with E-state index in [1.165, 1.54) is 18.2 Å². The number of halogens is 4. The highest BCUT2D eigenvalue weighted by Gasteiger charge is 2.34. The van der Waals surface area contributed by atoms with E-state index in [9.17, 15) is 18.0 Å². The Kier molecular flexibility index (Phi) is 6.93. The summed E-state index contributed by atoms with van der Waals surface area (Å²) in [6.45, 7) is 2.19. The Morgan fingerprint density at radius 1 is 1.19 bits per heavy atom. The van der Waals surface area contributed by atoms with E-state index in [4.69, 9.17) is 11.6 Å². The Balaban J connectivity index is 1.79. The van der Waals surface area contributed by atoms with Crippen LogP contribution in [0.2, 0.25) is 5.15 Å². The van der Waals surface area contributed by atoms with Crippen LogP contribution in [0.3, 0.4) is 0 Å². The number of carbonyl (C=O) groups excluding carboxylic acids is 1. The number of amides is 1. The molecule has 0 aliphatic heterocycles. The molecule has 3 aromatic rings. The van der Waals surface area contributed by atoms with Crippen molar-refractivity contribution in [3.8, 4) is 0 Å². The topological polar surface area (TPSA) is 50.2 Å². The first kappa shape index (κ1) is 23.4. The summed E-state index contributed by atoms with van der Waals surface area (Å²) in [5.41, 5.74) is 1.26. The molecule has 0 saturated heterocycles. The van der Waals surface area contributed by atoms with Crippen LogP contribution in [0.25, 0.3) is 6.08 Å². The summed E-state index contributed by atoms with van der Waals surface area (Å²) >= 11 is 6.42. The molecule has 0 unspecified atom stereocenters. The summed E-state index contributed by atoms with van der Waals surface area (Å²) in [6, 6.07) is 13.3. The minimum atomic E-state index is -4.61. The van der Waals surface area contributed by atoms with Gasteiger partial charge in [-0.3, -0.25) is 4.79 Å². The van der Waals surface area contributed by atoms with Gasteiger partial charge in [0, 0.05) is 31.4 Å². The Bertz CT molecular complexity index is 1140. The lowest BCUT2D eigenvalue weighted by Gasteiger charge is -2.18. The smallest absolute Gasteiger partial charge is 0.378 e. The Morgan fingerprint density at radius 2 is 1.88 bits per heavy atom. The summed E-state index contributed by atoms with van der Waals surface area (Å²) in [5.74, 6) is -0.709. The van der Waals surface area contributed by atoms with Crippen LogP contribution in [0.4, 0.5) is 24.5 Å². The number of carbonyl (C=O) groups is 1. The third kappa shape index (κ3) is 5.50. The van der Waals surface area contributed by atoms with Gasteiger partial charge in [0.25, 0.3) is 0 Å². The second-order valence-corrected chi connectivity index (χ2v) is 7.74. The van der Waals surface area contributed by atoms with Gasteiger partial charge in [0.2, 0.25) is 5.91 Å². The van der Waals surface area contributed by atoms with E-state index in [1.54, 1.807) is 30.6 Å². The van der Waals surface area contributed by atoms with Gasteiger partial charge in [-0.25, -0.2) is 4.68 Å². The molecule has 0 aliphatic rings. The lowest BCUT2D eigenvalue weighted by atomic mass is 10.1. The fraction of sp³-hybridized carbons (Fsp3) is 0.217. The van der Waals surface area contributed by atoms with Gasteiger partial charge in [-0.05, 0) is 36.8 Å². The van der Waals surface area contributed by atoms with Crippen molar-refractivity contribution in [2.24, 2.45) is 0 Å².